The van der Waals surface area contributed by atoms with Crippen molar-refractivity contribution in [1.29, 1.82) is 0 Å². The molecule has 1 nitrogen and oxygen atoms in total. The summed E-state index contributed by atoms with van der Waals surface area (Å²) in [7, 11) is 0. The van der Waals surface area contributed by atoms with Gasteiger partial charge in [-0.2, -0.15) is 13.8 Å². The maximum absolute atomic E-state index is 13.9. The number of hydrogen-bond acceptors (Lipinski definition) is 1. The van der Waals surface area contributed by atoms with Crippen LogP contribution in [0.4, 0.5) is 8.78 Å². The molecule has 0 amide bonds. The van der Waals surface area contributed by atoms with E-state index in [0.717, 1.165) is 17.4 Å². The minimum Gasteiger partial charge on any atom is -0.190 e. The molecule has 1 saturated carbocycles. The largest absolute Gasteiger partial charge is 0.223 e. The monoisotopic (exact) mass is 413 g/mol. The van der Waals surface area contributed by atoms with Crippen molar-refractivity contribution in [3.63, 3.8) is 0 Å². The lowest BCUT2D eigenvalue weighted by Crippen LogP contribution is -2.19. The molecular weight excluding hydrogens is 376 g/mol. The molecule has 30 heavy (non-hydrogen) atoms. The number of halogens is 2. The molecule has 2 aromatic rings. The molecule has 1 fully saturated rings. The van der Waals surface area contributed by atoms with E-state index in [1.165, 1.54) is 88.3 Å². The molecule has 0 bridgehead atoms. The van der Waals surface area contributed by atoms with Crippen molar-refractivity contribution >= 4 is 0 Å². The lowest BCUT2D eigenvalue weighted by atomic mass is 9.73. The van der Waals surface area contributed by atoms with E-state index < -0.39 is 11.9 Å². The van der Waals surface area contributed by atoms with Crippen LogP contribution in [0.5, 0.6) is 0 Å². The zero-order valence-electron chi connectivity index (χ0n) is 18.7. The highest BCUT2D eigenvalue weighted by atomic mass is 19.1. The van der Waals surface area contributed by atoms with Crippen molar-refractivity contribution in [2.75, 3.05) is 0 Å². The number of pyridine rings is 1. The third-order valence-corrected chi connectivity index (χ3v) is 7.13. The normalized spacial score (nSPS) is 20.3. The molecule has 1 aliphatic rings. The summed E-state index contributed by atoms with van der Waals surface area (Å²) in [5.74, 6) is 0.648. The number of unbranched alkanes of at least 4 members (excludes halogenated alkanes) is 5. The summed E-state index contributed by atoms with van der Waals surface area (Å²) in [6, 6.07) is 10.7. The summed E-state index contributed by atoms with van der Waals surface area (Å²) in [4.78, 5) is 3.29. The first-order valence-corrected chi connectivity index (χ1v) is 12.0. The fourth-order valence-electron chi connectivity index (χ4n) is 5.06. The number of aromatic nitrogens is 1. The number of rotatable bonds is 10. The Morgan fingerprint density at radius 2 is 1.53 bits per heavy atom. The van der Waals surface area contributed by atoms with Crippen molar-refractivity contribution in [2.24, 2.45) is 11.8 Å². The van der Waals surface area contributed by atoms with Crippen LogP contribution < -0.4 is 0 Å². The third kappa shape index (κ3) is 6.36. The second kappa shape index (κ2) is 11.6. The molecule has 0 N–H and O–H groups in total. The summed E-state index contributed by atoms with van der Waals surface area (Å²) in [6.07, 6.45) is 15.1. The lowest BCUT2D eigenvalue weighted by molar-refractivity contribution is 0.236. The molecule has 0 spiro atoms. The van der Waals surface area contributed by atoms with Gasteiger partial charge in [-0.3, -0.25) is 0 Å². The Morgan fingerprint density at radius 1 is 0.867 bits per heavy atom. The molecule has 164 valence electrons. The van der Waals surface area contributed by atoms with Crippen LogP contribution in [0.2, 0.25) is 0 Å². The van der Waals surface area contributed by atoms with Gasteiger partial charge in [0.2, 0.25) is 11.9 Å². The SMILES string of the molecule is CCCCCCCCC1CCC(C(C)c2ccc(-c3ccc(F)nc3F)cc2)CC1. The van der Waals surface area contributed by atoms with E-state index in [9.17, 15) is 8.78 Å². The summed E-state index contributed by atoms with van der Waals surface area (Å²) in [6.45, 7) is 4.60. The quantitative estimate of drug-likeness (QED) is 0.280. The average molecular weight is 414 g/mol. The third-order valence-electron chi connectivity index (χ3n) is 7.13. The molecule has 1 aliphatic carbocycles. The van der Waals surface area contributed by atoms with Crippen LogP contribution in [0, 0.1) is 23.7 Å². The molecule has 0 saturated heterocycles. The van der Waals surface area contributed by atoms with E-state index in [-0.39, 0.29) is 0 Å². The molecule has 3 heteroatoms. The van der Waals surface area contributed by atoms with Crippen molar-refractivity contribution < 1.29 is 8.78 Å². The van der Waals surface area contributed by atoms with E-state index in [4.69, 9.17) is 0 Å². The van der Waals surface area contributed by atoms with Gasteiger partial charge < -0.3 is 0 Å². The van der Waals surface area contributed by atoms with Crippen molar-refractivity contribution in [3.05, 3.63) is 53.9 Å². The van der Waals surface area contributed by atoms with Gasteiger partial charge in [-0.1, -0.05) is 95.9 Å². The number of hydrogen-bond donors (Lipinski definition) is 0. The molecular formula is C27H37F2N. The highest BCUT2D eigenvalue weighted by Crippen LogP contribution is 2.40. The first-order chi connectivity index (χ1) is 14.6. The van der Waals surface area contributed by atoms with Gasteiger partial charge in [0.15, 0.2) is 0 Å². The summed E-state index contributed by atoms with van der Waals surface area (Å²) in [5, 5.41) is 0. The Morgan fingerprint density at radius 3 is 2.20 bits per heavy atom. The van der Waals surface area contributed by atoms with E-state index in [0.29, 0.717) is 11.5 Å². The van der Waals surface area contributed by atoms with Gasteiger partial charge in [-0.05, 0) is 53.9 Å². The van der Waals surface area contributed by atoms with Gasteiger partial charge in [0.05, 0.1) is 0 Å². The van der Waals surface area contributed by atoms with Crippen LogP contribution in [0.3, 0.4) is 0 Å². The highest BCUT2D eigenvalue weighted by molar-refractivity contribution is 5.63. The smallest absolute Gasteiger partial charge is 0.190 e. The van der Waals surface area contributed by atoms with Crippen LogP contribution in [0.25, 0.3) is 11.1 Å². The van der Waals surface area contributed by atoms with Crippen LogP contribution in [-0.2, 0) is 0 Å². The predicted octanol–water partition coefficient (Wildman–Crippen LogP) is 8.69. The summed E-state index contributed by atoms with van der Waals surface area (Å²) < 4.78 is 27.0. The van der Waals surface area contributed by atoms with Crippen LogP contribution in [-0.4, -0.2) is 4.98 Å². The zero-order valence-corrected chi connectivity index (χ0v) is 18.7. The Labute approximate surface area is 181 Å². The van der Waals surface area contributed by atoms with Gasteiger partial charge in [-0.15, -0.1) is 0 Å². The van der Waals surface area contributed by atoms with Gasteiger partial charge in [-0.25, -0.2) is 0 Å². The molecule has 1 heterocycles. The number of benzene rings is 1. The van der Waals surface area contributed by atoms with Crippen LogP contribution in [0.1, 0.15) is 96.0 Å². The minimum absolute atomic E-state index is 0.353. The Bertz CT molecular complexity index is 763. The fraction of sp³-hybridized carbons (Fsp3) is 0.593. The van der Waals surface area contributed by atoms with E-state index in [1.807, 2.05) is 12.1 Å². The van der Waals surface area contributed by atoms with Gasteiger partial charge in [0.25, 0.3) is 0 Å². The maximum Gasteiger partial charge on any atom is 0.223 e. The zero-order chi connectivity index (χ0) is 21.3. The highest BCUT2D eigenvalue weighted by Gasteiger charge is 2.26. The first-order valence-electron chi connectivity index (χ1n) is 12.0. The lowest BCUT2D eigenvalue weighted by Gasteiger charge is -2.32. The summed E-state index contributed by atoms with van der Waals surface area (Å²) >= 11 is 0. The minimum atomic E-state index is -0.784. The molecule has 3 rings (SSSR count). The Kier molecular flexibility index (Phi) is 8.84. The van der Waals surface area contributed by atoms with E-state index >= 15 is 0 Å². The van der Waals surface area contributed by atoms with E-state index in [2.05, 4.69) is 31.0 Å². The van der Waals surface area contributed by atoms with Crippen molar-refractivity contribution in [3.8, 4) is 11.1 Å². The molecule has 1 aromatic carbocycles. The summed E-state index contributed by atoms with van der Waals surface area (Å²) in [5.41, 5.74) is 2.41. The van der Waals surface area contributed by atoms with E-state index in [1.54, 1.807) is 0 Å². The molecule has 1 aromatic heterocycles. The fourth-order valence-corrected chi connectivity index (χ4v) is 5.06. The Balaban J connectivity index is 1.46. The topological polar surface area (TPSA) is 12.9 Å². The number of nitrogens with zero attached hydrogens (tertiary/aromatic N) is 1. The van der Waals surface area contributed by atoms with Crippen molar-refractivity contribution in [1.82, 2.24) is 4.98 Å². The van der Waals surface area contributed by atoms with Crippen LogP contribution >= 0.6 is 0 Å². The second-order valence-corrected chi connectivity index (χ2v) is 9.22. The van der Waals surface area contributed by atoms with Gasteiger partial charge >= 0.3 is 0 Å². The van der Waals surface area contributed by atoms with Gasteiger partial charge in [0, 0.05) is 5.56 Å². The standard InChI is InChI=1S/C27H37F2N/c1-3-4-5-6-7-8-9-21-10-12-22(13-11-21)20(2)23-14-16-24(17-15-23)25-18-19-26(28)30-27(25)29/h14-22H,3-13H2,1-2H3. The van der Waals surface area contributed by atoms with Gasteiger partial charge in [0.1, 0.15) is 0 Å². The Hall–Kier alpha value is -1.77. The molecule has 0 aliphatic heterocycles. The average Bonchev–Trinajstić information content (AvgIpc) is 2.76. The van der Waals surface area contributed by atoms with Crippen molar-refractivity contribution in [2.45, 2.75) is 90.4 Å². The molecule has 1 unspecified atom stereocenters. The molecule has 1 atom stereocenters. The second-order valence-electron chi connectivity index (χ2n) is 9.22. The molecule has 0 radical (unpaired) electrons. The van der Waals surface area contributed by atoms with Crippen LogP contribution in [0.15, 0.2) is 36.4 Å². The maximum atomic E-state index is 13.9. The predicted molar refractivity (Wildman–Crippen MR) is 121 cm³/mol. The first kappa shape index (κ1) is 22.9.